The zero-order valence-corrected chi connectivity index (χ0v) is 13.6. The van der Waals surface area contributed by atoms with Gasteiger partial charge in [-0.2, -0.15) is 0 Å². The summed E-state index contributed by atoms with van der Waals surface area (Å²) >= 11 is 0. The Balaban J connectivity index is 0.00000147. The van der Waals surface area contributed by atoms with Gasteiger partial charge in [-0.05, 0) is 37.1 Å². The zero-order chi connectivity index (χ0) is 13.7. The Labute approximate surface area is 126 Å². The number of rotatable bonds is 3. The van der Waals surface area contributed by atoms with Gasteiger partial charge in [-0.3, -0.25) is 0 Å². The molecule has 0 radical (unpaired) electrons. The van der Waals surface area contributed by atoms with Gasteiger partial charge in [-0.15, -0.1) is 17.5 Å². The molecule has 0 spiro atoms. The predicted molar refractivity (Wildman–Crippen MR) is 81.2 cm³/mol. The van der Waals surface area contributed by atoms with Crippen LogP contribution in [0.15, 0.2) is 4.42 Å². The zero-order valence-electron chi connectivity index (χ0n) is 12.8. The van der Waals surface area contributed by atoms with E-state index in [4.69, 9.17) is 4.42 Å². The highest BCUT2D eigenvalue weighted by Crippen LogP contribution is 2.53. The first-order valence-electron chi connectivity index (χ1n) is 7.14. The molecule has 0 amide bonds. The third-order valence-electron chi connectivity index (χ3n) is 4.44. The molecule has 2 bridgehead atoms. The molecule has 1 N–H and O–H groups in total. The molecule has 3 rings (SSSR count). The van der Waals surface area contributed by atoms with E-state index in [1.165, 1.54) is 19.3 Å². The Morgan fingerprint density at radius 1 is 1.30 bits per heavy atom. The Kier molecular flexibility index (Phi) is 4.04. The lowest BCUT2D eigenvalue weighted by molar-refractivity contribution is 0.136. The number of nitrogens with zero attached hydrogens (tertiary/aromatic N) is 3. The molecule has 6 heteroatoms. The van der Waals surface area contributed by atoms with Crippen LogP contribution in [0.3, 0.4) is 0 Å². The van der Waals surface area contributed by atoms with E-state index in [1.807, 2.05) is 7.05 Å². The van der Waals surface area contributed by atoms with E-state index in [0.717, 1.165) is 6.54 Å². The number of fused-ring (bicyclic) bond motifs is 2. The molecule has 20 heavy (non-hydrogen) atoms. The van der Waals surface area contributed by atoms with Gasteiger partial charge in [-0.1, -0.05) is 25.9 Å². The Morgan fingerprint density at radius 2 is 2.05 bits per heavy atom. The van der Waals surface area contributed by atoms with Crippen LogP contribution in [0, 0.1) is 10.8 Å². The maximum absolute atomic E-state index is 5.77. The number of halogens is 1. The summed E-state index contributed by atoms with van der Waals surface area (Å²) in [5.41, 5.74) is 0.810. The third-order valence-corrected chi connectivity index (χ3v) is 4.44. The molecule has 0 unspecified atom stereocenters. The quantitative estimate of drug-likeness (QED) is 0.930. The summed E-state index contributed by atoms with van der Waals surface area (Å²) in [5.74, 6) is 0.670. The fourth-order valence-corrected chi connectivity index (χ4v) is 4.27. The summed E-state index contributed by atoms with van der Waals surface area (Å²) in [4.78, 5) is 2.33. The van der Waals surface area contributed by atoms with Gasteiger partial charge in [0.15, 0.2) is 0 Å². The third kappa shape index (κ3) is 2.79. The molecule has 1 saturated heterocycles. The van der Waals surface area contributed by atoms with Crippen LogP contribution in [-0.4, -0.2) is 29.8 Å². The van der Waals surface area contributed by atoms with Crippen LogP contribution in [0.25, 0.3) is 0 Å². The van der Waals surface area contributed by atoms with Crippen molar-refractivity contribution < 1.29 is 4.42 Å². The van der Waals surface area contributed by atoms with E-state index >= 15 is 0 Å². The molecule has 1 aliphatic heterocycles. The summed E-state index contributed by atoms with van der Waals surface area (Å²) in [5, 5.41) is 11.4. The second kappa shape index (κ2) is 5.19. The van der Waals surface area contributed by atoms with Gasteiger partial charge in [0.25, 0.3) is 0 Å². The number of hydrogen-bond acceptors (Lipinski definition) is 5. The lowest BCUT2D eigenvalue weighted by Crippen LogP contribution is -2.34. The molecule has 2 aliphatic rings. The topological polar surface area (TPSA) is 54.2 Å². The van der Waals surface area contributed by atoms with Crippen LogP contribution in [0.4, 0.5) is 6.01 Å². The minimum atomic E-state index is 0. The number of nitrogens with one attached hydrogen (secondary N) is 1. The van der Waals surface area contributed by atoms with Crippen LogP contribution in [0.2, 0.25) is 0 Å². The SMILES string of the molecule is CNCc1nnc(N2C[C@]3(C)C[C@H]2CC(C)(C)C3)o1.Cl. The normalized spacial score (nSPS) is 31.2. The summed E-state index contributed by atoms with van der Waals surface area (Å²) in [7, 11) is 1.89. The molecule has 1 aliphatic carbocycles. The van der Waals surface area contributed by atoms with Gasteiger partial charge in [-0.25, -0.2) is 0 Å². The van der Waals surface area contributed by atoms with Crippen molar-refractivity contribution in [2.75, 3.05) is 18.5 Å². The smallest absolute Gasteiger partial charge is 0.318 e. The van der Waals surface area contributed by atoms with Gasteiger partial charge < -0.3 is 14.6 Å². The highest BCUT2D eigenvalue weighted by atomic mass is 35.5. The number of aromatic nitrogens is 2. The van der Waals surface area contributed by atoms with Gasteiger partial charge in [0.1, 0.15) is 0 Å². The van der Waals surface area contributed by atoms with Crippen LogP contribution in [0.1, 0.15) is 45.9 Å². The molecular formula is C14H25ClN4O. The molecule has 114 valence electrons. The Hall–Kier alpha value is -0.810. The van der Waals surface area contributed by atoms with Gasteiger partial charge in [0, 0.05) is 12.6 Å². The molecule has 1 aromatic heterocycles. The second-order valence-electron chi connectivity index (χ2n) is 7.35. The first kappa shape index (κ1) is 15.6. The molecule has 2 fully saturated rings. The van der Waals surface area contributed by atoms with Crippen molar-refractivity contribution in [1.82, 2.24) is 15.5 Å². The monoisotopic (exact) mass is 300 g/mol. The average Bonchev–Trinajstić information content (AvgIpc) is 2.80. The largest absolute Gasteiger partial charge is 0.407 e. The summed E-state index contributed by atoms with van der Waals surface area (Å²) < 4.78 is 5.77. The highest BCUT2D eigenvalue weighted by Gasteiger charge is 2.50. The maximum Gasteiger partial charge on any atom is 0.318 e. The molecule has 0 aromatic carbocycles. The van der Waals surface area contributed by atoms with Crippen molar-refractivity contribution >= 4 is 18.4 Å². The molecule has 2 atom stereocenters. The van der Waals surface area contributed by atoms with Crippen LogP contribution in [-0.2, 0) is 6.54 Å². The van der Waals surface area contributed by atoms with Gasteiger partial charge >= 0.3 is 6.01 Å². The molecule has 1 saturated carbocycles. The molecule has 2 heterocycles. The maximum atomic E-state index is 5.77. The van der Waals surface area contributed by atoms with Gasteiger partial charge in [0.2, 0.25) is 5.89 Å². The molecule has 1 aromatic rings. The van der Waals surface area contributed by atoms with Crippen molar-refractivity contribution in [3.05, 3.63) is 5.89 Å². The minimum Gasteiger partial charge on any atom is -0.407 e. The van der Waals surface area contributed by atoms with E-state index in [0.29, 0.717) is 35.3 Å². The van der Waals surface area contributed by atoms with Crippen molar-refractivity contribution in [1.29, 1.82) is 0 Å². The fourth-order valence-electron chi connectivity index (χ4n) is 4.27. The van der Waals surface area contributed by atoms with Gasteiger partial charge in [0.05, 0.1) is 6.54 Å². The Morgan fingerprint density at radius 3 is 2.75 bits per heavy atom. The van der Waals surface area contributed by atoms with Crippen molar-refractivity contribution in [3.8, 4) is 0 Å². The summed E-state index contributed by atoms with van der Waals surface area (Å²) in [6.45, 7) is 8.82. The average molecular weight is 301 g/mol. The second-order valence-corrected chi connectivity index (χ2v) is 7.35. The summed E-state index contributed by atoms with van der Waals surface area (Å²) in [6.07, 6.45) is 3.75. The van der Waals surface area contributed by atoms with E-state index in [1.54, 1.807) is 0 Å². The first-order valence-corrected chi connectivity index (χ1v) is 7.14. The van der Waals surface area contributed by atoms with Crippen molar-refractivity contribution in [3.63, 3.8) is 0 Å². The standard InChI is InChI=1S/C14H24N4O.ClH/c1-13(2)5-10-6-14(3,8-13)9-18(10)12-17-16-11(19-12)7-15-4;/h10,15H,5-9H2,1-4H3;1H/t10-,14-;/m1./s1. The molecule has 5 nitrogen and oxygen atoms in total. The first-order chi connectivity index (χ1) is 8.91. The Bertz CT molecular complexity index is 475. The lowest BCUT2D eigenvalue weighted by Gasteiger charge is -2.39. The fraction of sp³-hybridized carbons (Fsp3) is 0.857. The summed E-state index contributed by atoms with van der Waals surface area (Å²) in [6, 6.07) is 1.26. The lowest BCUT2D eigenvalue weighted by atomic mass is 9.65. The van der Waals surface area contributed by atoms with Crippen molar-refractivity contribution in [2.24, 2.45) is 10.8 Å². The van der Waals surface area contributed by atoms with Crippen LogP contribution >= 0.6 is 12.4 Å². The predicted octanol–water partition coefficient (Wildman–Crippen LogP) is 2.62. The minimum absolute atomic E-state index is 0. The highest BCUT2D eigenvalue weighted by molar-refractivity contribution is 5.85. The van der Waals surface area contributed by atoms with Crippen molar-refractivity contribution in [2.45, 2.75) is 52.6 Å². The number of anilines is 1. The molecular weight excluding hydrogens is 276 g/mol. The van der Waals surface area contributed by atoms with E-state index < -0.39 is 0 Å². The van der Waals surface area contributed by atoms with Crippen LogP contribution in [0.5, 0.6) is 0 Å². The van der Waals surface area contributed by atoms with Crippen LogP contribution < -0.4 is 10.2 Å². The number of hydrogen-bond donors (Lipinski definition) is 1. The van der Waals surface area contributed by atoms with E-state index in [2.05, 4.69) is 41.2 Å². The van der Waals surface area contributed by atoms with E-state index in [9.17, 15) is 0 Å². The van der Waals surface area contributed by atoms with E-state index in [-0.39, 0.29) is 12.4 Å².